The molecule has 1 saturated heterocycles. The lowest BCUT2D eigenvalue weighted by Crippen LogP contribution is -2.57. The van der Waals surface area contributed by atoms with Crippen LogP contribution in [0.15, 0.2) is 35.5 Å². The van der Waals surface area contributed by atoms with Gasteiger partial charge >= 0.3 is 5.97 Å². The maximum Gasteiger partial charge on any atom is 0.336 e. The molecule has 2 N–H and O–H groups in total. The topological polar surface area (TPSA) is 96.4 Å². The van der Waals surface area contributed by atoms with Gasteiger partial charge in [-0.3, -0.25) is 4.79 Å². The van der Waals surface area contributed by atoms with E-state index in [1.54, 1.807) is 12.2 Å². The molecule has 0 radical (unpaired) electrons. The number of carbonyl (C=O) groups is 2. The van der Waals surface area contributed by atoms with Crippen LogP contribution in [0.2, 0.25) is 0 Å². The average molecular weight is 481 g/mol. The number of fused-ring (bicyclic) bond motifs is 2. The fourth-order valence-corrected chi connectivity index (χ4v) is 10.6. The van der Waals surface area contributed by atoms with Crippen LogP contribution in [-0.2, 0) is 19.1 Å². The van der Waals surface area contributed by atoms with Crippen LogP contribution in [0.1, 0.15) is 59.3 Å². The molecule has 0 aromatic rings. The van der Waals surface area contributed by atoms with Gasteiger partial charge in [0, 0.05) is 11.8 Å². The SMILES string of the molecule is C=C1C23CC[C@@]4(C)C(CCC4[C@H](C)C4CC(C)=C(CO)C(=O)O4)C2C[C@H]2O[C@]24[C@H](O)C=CC(=O)[C@]134. The third kappa shape index (κ3) is 2.18. The average Bonchev–Trinajstić information content (AvgIpc) is 3.63. The van der Waals surface area contributed by atoms with Gasteiger partial charge in [0.05, 0.1) is 23.7 Å². The van der Waals surface area contributed by atoms with E-state index in [0.29, 0.717) is 29.7 Å². The van der Waals surface area contributed by atoms with E-state index in [0.717, 1.165) is 43.3 Å². The number of ketones is 1. The highest BCUT2D eigenvalue weighted by atomic mass is 16.6. The zero-order chi connectivity index (χ0) is 24.7. The van der Waals surface area contributed by atoms with Crippen molar-refractivity contribution in [3.8, 4) is 0 Å². The molecule has 2 heterocycles. The first kappa shape index (κ1) is 22.4. The molecular weight excluding hydrogens is 444 g/mol. The van der Waals surface area contributed by atoms with Crippen molar-refractivity contribution < 1.29 is 29.3 Å². The number of hydrogen-bond acceptors (Lipinski definition) is 6. The highest BCUT2D eigenvalue weighted by Crippen LogP contribution is 2.91. The molecule has 7 rings (SSSR count). The van der Waals surface area contributed by atoms with Crippen molar-refractivity contribution in [3.63, 3.8) is 0 Å². The van der Waals surface area contributed by atoms with Crippen molar-refractivity contribution in [1.82, 2.24) is 0 Å². The van der Waals surface area contributed by atoms with E-state index in [1.807, 2.05) is 6.92 Å². The molecule has 5 aliphatic carbocycles. The zero-order valence-corrected chi connectivity index (χ0v) is 20.9. The predicted octanol–water partition coefficient (Wildman–Crippen LogP) is 3.27. The van der Waals surface area contributed by atoms with Crippen LogP contribution in [0.5, 0.6) is 0 Å². The Hall–Kier alpha value is -1.76. The van der Waals surface area contributed by atoms with Gasteiger partial charge in [0.1, 0.15) is 17.8 Å². The predicted molar refractivity (Wildman–Crippen MR) is 127 cm³/mol. The molecule has 5 unspecified atom stereocenters. The standard InChI is InChI=1S/C29H36O6/c1-14-11-21(34-25(33)17(14)13-30)15(2)18-5-6-19-20-12-24-29(35-24)23(32)8-7-22(31)28(29)16(3)27(20,28)10-9-26(18,19)4/h7-8,15,18-21,23-24,30,32H,3,5-6,9-13H2,1-2,4H3/t15-,18?,19?,20?,21?,23+,24+,26+,27?,28+,29+/m0/s1. The van der Waals surface area contributed by atoms with E-state index in [1.165, 1.54) is 0 Å². The molecule has 6 nitrogen and oxygen atoms in total. The first-order valence-corrected chi connectivity index (χ1v) is 13.4. The smallest absolute Gasteiger partial charge is 0.336 e. The van der Waals surface area contributed by atoms with Gasteiger partial charge in [-0.15, -0.1) is 0 Å². The summed E-state index contributed by atoms with van der Waals surface area (Å²) < 4.78 is 12.1. The van der Waals surface area contributed by atoms with Crippen molar-refractivity contribution in [2.45, 2.75) is 83.2 Å². The van der Waals surface area contributed by atoms with E-state index >= 15 is 0 Å². The molecule has 5 fully saturated rings. The molecule has 6 heteroatoms. The molecule has 3 spiro atoms. The zero-order valence-electron chi connectivity index (χ0n) is 20.9. The van der Waals surface area contributed by atoms with Crippen LogP contribution in [0.25, 0.3) is 0 Å². The number of allylic oxidation sites excluding steroid dienone is 1. The third-order valence-corrected chi connectivity index (χ3v) is 12.2. The number of hydrogen-bond donors (Lipinski definition) is 2. The van der Waals surface area contributed by atoms with Gasteiger partial charge < -0.3 is 19.7 Å². The summed E-state index contributed by atoms with van der Waals surface area (Å²) in [6.45, 7) is 10.8. The second-order valence-corrected chi connectivity index (χ2v) is 12.8. The van der Waals surface area contributed by atoms with Crippen LogP contribution >= 0.6 is 0 Å². The quantitative estimate of drug-likeness (QED) is 0.366. The normalized spacial score (nSPS) is 54.3. The third-order valence-electron chi connectivity index (χ3n) is 12.2. The second-order valence-electron chi connectivity index (χ2n) is 12.8. The van der Waals surface area contributed by atoms with E-state index in [2.05, 4.69) is 20.4 Å². The Bertz CT molecular complexity index is 1140. The highest BCUT2D eigenvalue weighted by molar-refractivity contribution is 6.06. The molecule has 0 bridgehead atoms. The van der Waals surface area contributed by atoms with E-state index < -0.39 is 17.1 Å². The summed E-state index contributed by atoms with van der Waals surface area (Å²) in [7, 11) is 0. The van der Waals surface area contributed by atoms with Crippen LogP contribution in [0.4, 0.5) is 0 Å². The summed E-state index contributed by atoms with van der Waals surface area (Å²) in [5.41, 5.74) is 0.685. The number of esters is 1. The Morgan fingerprint density at radius 3 is 2.71 bits per heavy atom. The van der Waals surface area contributed by atoms with Gasteiger partial charge in [0.25, 0.3) is 0 Å². The fraction of sp³-hybridized carbons (Fsp3) is 0.724. The lowest BCUT2D eigenvalue weighted by atomic mass is 9.49. The van der Waals surface area contributed by atoms with Gasteiger partial charge in [-0.25, -0.2) is 4.79 Å². The largest absolute Gasteiger partial charge is 0.458 e. The van der Waals surface area contributed by atoms with Crippen molar-refractivity contribution in [1.29, 1.82) is 0 Å². The Morgan fingerprint density at radius 2 is 2.00 bits per heavy atom. The highest BCUT2D eigenvalue weighted by Gasteiger charge is 2.96. The van der Waals surface area contributed by atoms with Crippen molar-refractivity contribution in [3.05, 3.63) is 35.5 Å². The molecule has 0 amide bonds. The van der Waals surface area contributed by atoms with Crippen molar-refractivity contribution in [2.75, 3.05) is 6.61 Å². The maximum absolute atomic E-state index is 13.5. The van der Waals surface area contributed by atoms with Crippen molar-refractivity contribution >= 4 is 11.8 Å². The molecule has 4 saturated carbocycles. The molecule has 188 valence electrons. The number of ether oxygens (including phenoxy) is 2. The minimum Gasteiger partial charge on any atom is -0.458 e. The van der Waals surface area contributed by atoms with Gasteiger partial charge in [0.2, 0.25) is 0 Å². The molecule has 0 aromatic carbocycles. The number of epoxide rings is 1. The summed E-state index contributed by atoms with van der Waals surface area (Å²) in [5, 5.41) is 20.5. The number of cyclic esters (lactones) is 1. The molecular formula is C29H36O6. The summed E-state index contributed by atoms with van der Waals surface area (Å²) in [6.07, 6.45) is 7.91. The van der Waals surface area contributed by atoms with Gasteiger partial charge in [-0.2, -0.15) is 0 Å². The van der Waals surface area contributed by atoms with E-state index in [-0.39, 0.29) is 47.3 Å². The van der Waals surface area contributed by atoms with Crippen molar-refractivity contribution in [2.24, 2.45) is 39.9 Å². The summed E-state index contributed by atoms with van der Waals surface area (Å²) >= 11 is 0. The minimum absolute atomic E-state index is 0.0772. The molecule has 7 aliphatic rings. The Labute approximate surface area is 206 Å². The lowest BCUT2D eigenvalue weighted by molar-refractivity contribution is -0.152. The summed E-state index contributed by atoms with van der Waals surface area (Å²) in [6, 6.07) is 0. The fourth-order valence-electron chi connectivity index (χ4n) is 10.6. The Balaban J connectivity index is 1.20. The second kappa shape index (κ2) is 6.56. The number of rotatable bonds is 3. The Kier molecular flexibility index (Phi) is 4.21. The van der Waals surface area contributed by atoms with Crippen LogP contribution < -0.4 is 0 Å². The monoisotopic (exact) mass is 480 g/mol. The van der Waals surface area contributed by atoms with E-state index in [9.17, 15) is 19.8 Å². The molecule has 0 aromatic heterocycles. The Morgan fingerprint density at radius 1 is 1.23 bits per heavy atom. The number of carbonyl (C=O) groups excluding carboxylic acids is 2. The minimum atomic E-state index is -0.782. The van der Waals surface area contributed by atoms with E-state index in [4.69, 9.17) is 9.47 Å². The van der Waals surface area contributed by atoms with Gasteiger partial charge in [-0.05, 0) is 80.3 Å². The first-order chi connectivity index (χ1) is 16.6. The van der Waals surface area contributed by atoms with Crippen LogP contribution in [0.3, 0.4) is 0 Å². The molecule has 35 heavy (non-hydrogen) atoms. The maximum atomic E-state index is 13.5. The molecule has 2 aliphatic heterocycles. The summed E-state index contributed by atoms with van der Waals surface area (Å²) in [4.78, 5) is 26.0. The number of aliphatic hydroxyl groups is 2. The summed E-state index contributed by atoms with van der Waals surface area (Å²) in [5.74, 6) is 1.16. The van der Waals surface area contributed by atoms with Gasteiger partial charge in [0.15, 0.2) is 5.78 Å². The lowest BCUT2D eigenvalue weighted by Gasteiger charge is -2.54. The van der Waals surface area contributed by atoms with Gasteiger partial charge in [-0.1, -0.05) is 31.6 Å². The van der Waals surface area contributed by atoms with Crippen LogP contribution in [-0.4, -0.2) is 52.5 Å². The number of aliphatic hydroxyl groups excluding tert-OH is 2. The van der Waals surface area contributed by atoms with Crippen LogP contribution in [0, 0.1) is 39.9 Å². The first-order valence-electron chi connectivity index (χ1n) is 13.4. The molecule has 11 atom stereocenters.